The van der Waals surface area contributed by atoms with Gasteiger partial charge in [-0.15, -0.1) is 0 Å². The Kier molecular flexibility index (Phi) is 4.21. The van der Waals surface area contributed by atoms with Gasteiger partial charge in [0.25, 0.3) is 0 Å². The highest BCUT2D eigenvalue weighted by atomic mass is 35.5. The van der Waals surface area contributed by atoms with Crippen molar-refractivity contribution >= 4 is 17.0 Å². The number of imidazole rings is 1. The van der Waals surface area contributed by atoms with Gasteiger partial charge in [-0.2, -0.15) is 0 Å². The molecule has 0 amide bonds. The second kappa shape index (κ2) is 6.45. The Labute approximate surface area is 132 Å². The smallest absolute Gasteiger partial charge is 0.395 e. The number of carbonyl (C=O) groups excluding carboxylic acids is 1. The van der Waals surface area contributed by atoms with Crippen LogP contribution in [-0.2, 0) is 0 Å². The Balaban J connectivity index is 2.11. The monoisotopic (exact) mass is 312 g/mol. The van der Waals surface area contributed by atoms with E-state index in [0.717, 1.165) is 11.1 Å². The number of halogens is 1. The summed E-state index contributed by atoms with van der Waals surface area (Å²) < 4.78 is 6.82. The van der Waals surface area contributed by atoms with Crippen LogP contribution in [0, 0.1) is 0 Å². The molecule has 3 aromatic rings. The van der Waals surface area contributed by atoms with Crippen LogP contribution in [0.2, 0.25) is 0 Å². The molecule has 0 aliphatic rings. The summed E-state index contributed by atoms with van der Waals surface area (Å²) >= 11 is 5.34. The van der Waals surface area contributed by atoms with Crippen LogP contribution in [0.15, 0.2) is 73.2 Å². The van der Waals surface area contributed by atoms with E-state index in [1.165, 1.54) is 6.20 Å². The maximum absolute atomic E-state index is 11.1. The van der Waals surface area contributed by atoms with Crippen LogP contribution in [-0.4, -0.2) is 15.0 Å². The molecule has 0 saturated carbocycles. The van der Waals surface area contributed by atoms with E-state index < -0.39 is 5.43 Å². The summed E-state index contributed by atoms with van der Waals surface area (Å²) in [5, 5.41) is 0. The number of ether oxygens (including phenoxy) is 1. The number of hydrogen-bond donors (Lipinski definition) is 0. The first kappa shape index (κ1) is 14.4. The lowest BCUT2D eigenvalue weighted by Crippen LogP contribution is -2.14. The van der Waals surface area contributed by atoms with E-state index in [-0.39, 0.29) is 6.04 Å². The van der Waals surface area contributed by atoms with E-state index in [1.807, 2.05) is 60.7 Å². The number of rotatable bonds is 4. The van der Waals surface area contributed by atoms with Gasteiger partial charge < -0.3 is 4.74 Å². The normalized spacial score (nSPS) is 10.6. The second-order valence-corrected chi connectivity index (χ2v) is 5.01. The summed E-state index contributed by atoms with van der Waals surface area (Å²) in [7, 11) is 0. The average molecular weight is 313 g/mol. The van der Waals surface area contributed by atoms with Gasteiger partial charge in [-0.3, -0.25) is 4.57 Å². The molecular formula is C17H13ClN2O2. The quantitative estimate of drug-likeness (QED) is 0.676. The molecule has 0 radical (unpaired) electrons. The van der Waals surface area contributed by atoms with E-state index in [1.54, 1.807) is 10.9 Å². The predicted molar refractivity (Wildman–Crippen MR) is 84.2 cm³/mol. The van der Waals surface area contributed by atoms with Crippen molar-refractivity contribution in [3.8, 4) is 5.88 Å². The fourth-order valence-corrected chi connectivity index (χ4v) is 2.51. The highest BCUT2D eigenvalue weighted by Gasteiger charge is 2.20. The number of nitrogens with zero attached hydrogens (tertiary/aromatic N) is 2. The average Bonchev–Trinajstić information content (AvgIpc) is 2.97. The van der Waals surface area contributed by atoms with E-state index in [4.69, 9.17) is 16.3 Å². The van der Waals surface area contributed by atoms with Crippen LogP contribution < -0.4 is 4.74 Å². The van der Waals surface area contributed by atoms with Crippen molar-refractivity contribution in [3.63, 3.8) is 0 Å². The van der Waals surface area contributed by atoms with Crippen LogP contribution in [0.5, 0.6) is 5.88 Å². The highest BCUT2D eigenvalue weighted by molar-refractivity contribution is 6.61. The summed E-state index contributed by atoms with van der Waals surface area (Å²) in [6.45, 7) is 0. The number of hydrogen-bond acceptors (Lipinski definition) is 3. The lowest BCUT2D eigenvalue weighted by atomic mass is 9.98. The Morgan fingerprint density at radius 1 is 1.00 bits per heavy atom. The Morgan fingerprint density at radius 3 is 2.05 bits per heavy atom. The molecule has 0 bridgehead atoms. The third kappa shape index (κ3) is 3.02. The minimum absolute atomic E-state index is 0.157. The van der Waals surface area contributed by atoms with Gasteiger partial charge in [-0.1, -0.05) is 60.7 Å². The second-order valence-electron chi connectivity index (χ2n) is 4.70. The lowest BCUT2D eigenvalue weighted by Gasteiger charge is -2.21. The zero-order chi connectivity index (χ0) is 15.4. The lowest BCUT2D eigenvalue weighted by molar-refractivity contribution is 0.221. The first-order valence-electron chi connectivity index (χ1n) is 6.75. The summed E-state index contributed by atoms with van der Waals surface area (Å²) in [6.07, 6.45) is 3.10. The molecule has 22 heavy (non-hydrogen) atoms. The first-order chi connectivity index (χ1) is 10.8. The summed E-state index contributed by atoms with van der Waals surface area (Å²) in [5.41, 5.74) is 1.22. The molecule has 0 unspecified atom stereocenters. The standard InChI is InChI=1S/C17H13ClN2O2/c18-17(21)22-15-11-19-12-20(15)16(13-7-3-1-4-8-13)14-9-5-2-6-10-14/h1-12,16H. The molecule has 0 saturated heterocycles. The Hall–Kier alpha value is -2.59. The molecule has 0 aliphatic carbocycles. The molecule has 0 N–H and O–H groups in total. The van der Waals surface area contributed by atoms with Crippen molar-refractivity contribution in [3.05, 3.63) is 84.3 Å². The van der Waals surface area contributed by atoms with Gasteiger partial charge in [0.05, 0.1) is 18.6 Å². The summed E-state index contributed by atoms with van der Waals surface area (Å²) in [6, 6.07) is 19.7. The van der Waals surface area contributed by atoms with E-state index in [0.29, 0.717) is 5.88 Å². The number of carbonyl (C=O) groups is 1. The number of aromatic nitrogens is 2. The van der Waals surface area contributed by atoms with Crippen molar-refractivity contribution in [2.45, 2.75) is 6.04 Å². The van der Waals surface area contributed by atoms with E-state index in [9.17, 15) is 4.79 Å². The van der Waals surface area contributed by atoms with Gasteiger partial charge in [0, 0.05) is 11.6 Å². The molecule has 110 valence electrons. The molecule has 0 spiro atoms. The largest absolute Gasteiger partial charge is 0.410 e. The predicted octanol–water partition coefficient (Wildman–Crippen LogP) is 4.26. The SMILES string of the molecule is O=C(Cl)Oc1cncn1C(c1ccccc1)c1ccccc1. The molecule has 5 heteroatoms. The van der Waals surface area contributed by atoms with Crippen molar-refractivity contribution in [1.82, 2.24) is 9.55 Å². The van der Waals surface area contributed by atoms with Crippen LogP contribution in [0.4, 0.5) is 4.79 Å². The fourth-order valence-electron chi connectivity index (χ4n) is 2.43. The van der Waals surface area contributed by atoms with Crippen LogP contribution in [0.3, 0.4) is 0 Å². The van der Waals surface area contributed by atoms with Gasteiger partial charge in [0.1, 0.15) is 0 Å². The van der Waals surface area contributed by atoms with Crippen molar-refractivity contribution in [2.75, 3.05) is 0 Å². The van der Waals surface area contributed by atoms with Gasteiger partial charge >= 0.3 is 5.43 Å². The minimum atomic E-state index is -0.887. The van der Waals surface area contributed by atoms with Crippen LogP contribution >= 0.6 is 11.6 Å². The maximum Gasteiger partial charge on any atom is 0.410 e. The minimum Gasteiger partial charge on any atom is -0.395 e. The van der Waals surface area contributed by atoms with Crippen LogP contribution in [0.1, 0.15) is 17.2 Å². The zero-order valence-corrected chi connectivity index (χ0v) is 12.4. The van der Waals surface area contributed by atoms with Gasteiger partial charge in [0.15, 0.2) is 0 Å². The first-order valence-corrected chi connectivity index (χ1v) is 7.12. The van der Waals surface area contributed by atoms with E-state index >= 15 is 0 Å². The van der Waals surface area contributed by atoms with Crippen molar-refractivity contribution in [1.29, 1.82) is 0 Å². The maximum atomic E-state index is 11.1. The van der Waals surface area contributed by atoms with Gasteiger partial charge in [-0.25, -0.2) is 9.78 Å². The fraction of sp³-hybridized carbons (Fsp3) is 0.0588. The molecule has 4 nitrogen and oxygen atoms in total. The van der Waals surface area contributed by atoms with Gasteiger partial charge in [0.2, 0.25) is 5.88 Å². The molecule has 2 aromatic carbocycles. The highest BCUT2D eigenvalue weighted by Crippen LogP contribution is 2.30. The molecule has 1 heterocycles. The molecule has 0 aliphatic heterocycles. The van der Waals surface area contributed by atoms with Crippen LogP contribution in [0.25, 0.3) is 0 Å². The number of benzene rings is 2. The molecule has 3 rings (SSSR count). The topological polar surface area (TPSA) is 44.1 Å². The molecule has 1 aromatic heterocycles. The molecule has 0 atom stereocenters. The van der Waals surface area contributed by atoms with Crippen molar-refractivity contribution in [2.24, 2.45) is 0 Å². The Bertz CT molecular complexity index is 717. The molecule has 0 fully saturated rings. The Morgan fingerprint density at radius 2 is 1.55 bits per heavy atom. The van der Waals surface area contributed by atoms with Crippen molar-refractivity contribution < 1.29 is 9.53 Å². The summed E-state index contributed by atoms with van der Waals surface area (Å²) in [4.78, 5) is 15.1. The zero-order valence-electron chi connectivity index (χ0n) is 11.6. The summed E-state index contributed by atoms with van der Waals surface area (Å²) in [5.74, 6) is 0.303. The third-order valence-electron chi connectivity index (χ3n) is 3.32. The van der Waals surface area contributed by atoms with Gasteiger partial charge in [-0.05, 0) is 11.1 Å². The van der Waals surface area contributed by atoms with E-state index in [2.05, 4.69) is 4.98 Å². The molecular weight excluding hydrogens is 300 g/mol. The third-order valence-corrected chi connectivity index (χ3v) is 3.40.